The monoisotopic (exact) mass is 270 g/mol. The zero-order valence-corrected chi connectivity index (χ0v) is 12.2. The predicted molar refractivity (Wildman–Crippen MR) is 76.9 cm³/mol. The highest BCUT2D eigenvalue weighted by atomic mass is 16.7. The van der Waals surface area contributed by atoms with Gasteiger partial charge in [0, 0.05) is 9.68 Å². The van der Waals surface area contributed by atoms with Gasteiger partial charge in [-0.25, -0.2) is 4.79 Å². The lowest BCUT2D eigenvalue weighted by Crippen LogP contribution is -2.19. The van der Waals surface area contributed by atoms with Crippen molar-refractivity contribution in [1.29, 1.82) is 0 Å². The first-order chi connectivity index (χ1) is 11.1. The van der Waals surface area contributed by atoms with Gasteiger partial charge in [0.05, 0.1) is 11.2 Å². The third-order valence-corrected chi connectivity index (χ3v) is 2.51. The second-order valence-corrected chi connectivity index (χ2v) is 5.89. The Labute approximate surface area is 124 Å². The minimum atomic E-state index is -2.48. The van der Waals surface area contributed by atoms with E-state index in [4.69, 9.17) is 13.0 Å². The molecule has 0 N–H and O–H groups in total. The van der Waals surface area contributed by atoms with E-state index >= 15 is 0 Å². The molecule has 3 heteroatoms. The molecule has 106 valence electrons. The van der Waals surface area contributed by atoms with Crippen LogP contribution in [0.25, 0.3) is 0 Å². The molecule has 19 heavy (non-hydrogen) atoms. The van der Waals surface area contributed by atoms with Crippen LogP contribution in [0.1, 0.15) is 60.8 Å². The molecule has 0 spiro atoms. The Balaban J connectivity index is 3.94. The molecule has 1 aromatic rings. The molecule has 1 aromatic carbocycles. The minimum absolute atomic E-state index is 0.0698. The Morgan fingerprint density at radius 1 is 1.21 bits per heavy atom. The zero-order valence-electron chi connectivity index (χ0n) is 18.2. The van der Waals surface area contributed by atoms with Crippen LogP contribution in [-0.2, 0) is 15.6 Å². The van der Waals surface area contributed by atoms with Gasteiger partial charge in [-0.05, 0) is 22.4 Å². The summed E-state index contributed by atoms with van der Waals surface area (Å²) in [7, 11) is 1.11. The molecule has 0 aliphatic rings. The fourth-order valence-corrected chi connectivity index (χ4v) is 1.44. The van der Waals surface area contributed by atoms with Gasteiger partial charge >= 0.3 is 6.16 Å². The Morgan fingerprint density at radius 2 is 1.84 bits per heavy atom. The van der Waals surface area contributed by atoms with Gasteiger partial charge < -0.3 is 9.47 Å². The highest BCUT2D eigenvalue weighted by molar-refractivity contribution is 5.65. The maximum absolute atomic E-state index is 11.5. The van der Waals surface area contributed by atoms with Gasteiger partial charge in [-0.2, -0.15) is 0 Å². The molecule has 0 amide bonds. The standard InChI is InChI=1S/C16H24O3/c1-15(2,3)11-8-9-13(19-14(17)18-7)12(10-11)16(4,5)6/h8-10H,1-7H3/i1D3,8D,9D,10D. The molecule has 0 aromatic heterocycles. The normalized spacial score (nSPS) is 17.4. The van der Waals surface area contributed by atoms with E-state index in [-0.39, 0.29) is 22.9 Å². The first-order valence-corrected chi connectivity index (χ1v) is 5.97. The number of hydrogen-bond acceptors (Lipinski definition) is 3. The summed E-state index contributed by atoms with van der Waals surface area (Å²) in [6.07, 6.45) is -1.07. The van der Waals surface area contributed by atoms with Crippen molar-refractivity contribution in [2.45, 2.75) is 52.3 Å². The number of methoxy groups -OCH3 is 1. The molecule has 1 rings (SSSR count). The summed E-state index contributed by atoms with van der Waals surface area (Å²) in [4.78, 5) is 11.5. The van der Waals surface area contributed by atoms with Crippen molar-refractivity contribution in [3.05, 3.63) is 29.3 Å². The summed E-state index contributed by atoms with van der Waals surface area (Å²) in [5, 5.41) is 0. The maximum Gasteiger partial charge on any atom is 0.513 e. The molecule has 0 heterocycles. The van der Waals surface area contributed by atoms with Crippen LogP contribution >= 0.6 is 0 Å². The van der Waals surface area contributed by atoms with E-state index in [1.807, 2.05) is 0 Å². The molecule has 0 fully saturated rings. The van der Waals surface area contributed by atoms with Gasteiger partial charge in [0.2, 0.25) is 0 Å². The summed E-state index contributed by atoms with van der Waals surface area (Å²) < 4.78 is 57.7. The van der Waals surface area contributed by atoms with Crippen molar-refractivity contribution in [2.24, 2.45) is 0 Å². The van der Waals surface area contributed by atoms with E-state index in [9.17, 15) is 4.79 Å². The van der Waals surface area contributed by atoms with E-state index in [0.717, 1.165) is 7.11 Å². The first-order valence-electron chi connectivity index (χ1n) is 8.97. The molecule has 0 saturated carbocycles. The third kappa shape index (κ3) is 3.98. The molecular weight excluding hydrogens is 240 g/mol. The van der Waals surface area contributed by atoms with Gasteiger partial charge in [0.1, 0.15) is 5.75 Å². The van der Waals surface area contributed by atoms with E-state index in [0.29, 0.717) is 0 Å². The molecule has 0 radical (unpaired) electrons. The Morgan fingerprint density at radius 3 is 2.32 bits per heavy atom. The number of benzene rings is 1. The largest absolute Gasteiger partial charge is 0.513 e. The summed E-state index contributed by atoms with van der Waals surface area (Å²) in [6, 6.07) is -1.11. The Kier molecular flexibility index (Phi) is 2.38. The number of carbonyl (C=O) groups excluding carboxylic acids is 1. The van der Waals surface area contributed by atoms with Gasteiger partial charge in [0.15, 0.2) is 0 Å². The van der Waals surface area contributed by atoms with Crippen molar-refractivity contribution in [1.82, 2.24) is 0 Å². The average molecular weight is 270 g/mol. The summed E-state index contributed by atoms with van der Waals surface area (Å²) in [5.74, 6) is -0.251. The van der Waals surface area contributed by atoms with Crippen LogP contribution in [0.5, 0.6) is 5.75 Å². The fraction of sp³-hybridized carbons (Fsp3) is 0.562. The molecule has 0 aliphatic heterocycles. The molecule has 0 bridgehead atoms. The van der Waals surface area contributed by atoms with Gasteiger partial charge in [-0.3, -0.25) is 0 Å². The maximum atomic E-state index is 11.5. The topological polar surface area (TPSA) is 35.5 Å². The fourth-order valence-electron chi connectivity index (χ4n) is 1.44. The lowest BCUT2D eigenvalue weighted by molar-refractivity contribution is 0.120. The molecule has 0 unspecified atom stereocenters. The van der Waals surface area contributed by atoms with Crippen molar-refractivity contribution in [2.75, 3.05) is 7.11 Å². The summed E-state index contributed by atoms with van der Waals surface area (Å²) in [6.45, 7) is 5.60. The summed E-state index contributed by atoms with van der Waals surface area (Å²) >= 11 is 0. The Hall–Kier alpha value is -1.51. The number of carbonyl (C=O) groups is 1. The lowest BCUT2D eigenvalue weighted by Gasteiger charge is -2.26. The SMILES string of the molecule is [2H]c1c([2H])c(C(C)(C)C([2H])([2H])[2H])c([2H])c(C(C)(C)C)c1OC(=O)OC. The van der Waals surface area contributed by atoms with Crippen molar-refractivity contribution in [3.63, 3.8) is 0 Å². The Bertz CT molecular complexity index is 687. The molecule has 0 atom stereocenters. The molecule has 0 saturated heterocycles. The number of hydrogen-bond donors (Lipinski definition) is 0. The van der Waals surface area contributed by atoms with E-state index in [2.05, 4.69) is 4.74 Å². The molecular formula is C16H24O3. The second kappa shape index (κ2) is 5.24. The first kappa shape index (κ1) is 8.62. The van der Waals surface area contributed by atoms with Crippen LogP contribution in [0, 0.1) is 0 Å². The second-order valence-electron chi connectivity index (χ2n) is 5.89. The van der Waals surface area contributed by atoms with Crippen LogP contribution in [0.4, 0.5) is 4.79 Å². The van der Waals surface area contributed by atoms with Crippen molar-refractivity contribution < 1.29 is 22.5 Å². The molecule has 0 aliphatic carbocycles. The van der Waals surface area contributed by atoms with Crippen molar-refractivity contribution in [3.8, 4) is 5.75 Å². The zero-order chi connectivity index (χ0) is 20.0. The number of ether oxygens (including phenoxy) is 2. The smallest absolute Gasteiger partial charge is 0.437 e. The minimum Gasteiger partial charge on any atom is -0.437 e. The van der Waals surface area contributed by atoms with E-state index in [1.54, 1.807) is 20.8 Å². The van der Waals surface area contributed by atoms with E-state index in [1.165, 1.54) is 13.8 Å². The predicted octanol–water partition coefficient (Wildman–Crippen LogP) is 4.43. The highest BCUT2D eigenvalue weighted by Gasteiger charge is 2.24. The number of rotatable bonds is 1. The highest BCUT2D eigenvalue weighted by Crippen LogP contribution is 2.35. The van der Waals surface area contributed by atoms with Crippen molar-refractivity contribution >= 4 is 6.16 Å². The van der Waals surface area contributed by atoms with Gasteiger partial charge in [0.25, 0.3) is 0 Å². The average Bonchev–Trinajstić information content (AvgIpc) is 2.41. The molecule has 3 nitrogen and oxygen atoms in total. The summed E-state index contributed by atoms with van der Waals surface area (Å²) in [5.41, 5.74) is -2.14. The van der Waals surface area contributed by atoms with Crippen LogP contribution in [-0.4, -0.2) is 13.3 Å². The lowest BCUT2D eigenvalue weighted by atomic mass is 9.80. The van der Waals surface area contributed by atoms with E-state index < -0.39 is 35.9 Å². The third-order valence-electron chi connectivity index (χ3n) is 2.51. The van der Waals surface area contributed by atoms with Gasteiger partial charge in [-0.1, -0.05) is 53.6 Å². The van der Waals surface area contributed by atoms with Crippen LogP contribution in [0.3, 0.4) is 0 Å². The van der Waals surface area contributed by atoms with Crippen LogP contribution < -0.4 is 4.74 Å². The van der Waals surface area contributed by atoms with Crippen LogP contribution in [0.2, 0.25) is 0 Å². The quantitative estimate of drug-likeness (QED) is 0.559. The van der Waals surface area contributed by atoms with Gasteiger partial charge in [-0.15, -0.1) is 0 Å². The van der Waals surface area contributed by atoms with Crippen LogP contribution in [0.15, 0.2) is 18.1 Å².